The van der Waals surface area contributed by atoms with E-state index >= 15 is 0 Å². The second-order valence-electron chi connectivity index (χ2n) is 9.26. The molecule has 0 bridgehead atoms. The highest BCUT2D eigenvalue weighted by atomic mass is 32.1. The smallest absolute Gasteiger partial charge is 0.348 e. The Balaban J connectivity index is 1.58. The van der Waals surface area contributed by atoms with Gasteiger partial charge in [0.1, 0.15) is 23.1 Å². The molecule has 0 radical (unpaired) electrons. The van der Waals surface area contributed by atoms with Crippen molar-refractivity contribution in [1.29, 1.82) is 0 Å². The zero-order valence-electron chi connectivity index (χ0n) is 20.1. The van der Waals surface area contributed by atoms with Crippen LogP contribution >= 0.6 is 11.3 Å². The average Bonchev–Trinajstić information content (AvgIpc) is 3.26. The number of hydrogen-bond donors (Lipinski definition) is 1. The van der Waals surface area contributed by atoms with Gasteiger partial charge in [-0.25, -0.2) is 9.18 Å². The van der Waals surface area contributed by atoms with Crippen molar-refractivity contribution < 1.29 is 18.7 Å². The summed E-state index contributed by atoms with van der Waals surface area (Å²) >= 11 is 1.42. The van der Waals surface area contributed by atoms with Crippen molar-refractivity contribution in [3.05, 3.63) is 88.6 Å². The van der Waals surface area contributed by atoms with Crippen molar-refractivity contribution in [2.24, 2.45) is 0 Å². The molecule has 0 saturated heterocycles. The van der Waals surface area contributed by atoms with Gasteiger partial charge < -0.3 is 14.8 Å². The van der Waals surface area contributed by atoms with E-state index in [-0.39, 0.29) is 23.9 Å². The third kappa shape index (κ3) is 4.42. The fourth-order valence-electron chi connectivity index (χ4n) is 4.78. The number of nitrogens with one attached hydrogen (secondary N) is 1. The molecule has 0 aliphatic carbocycles. The minimum absolute atomic E-state index is 0.0689. The highest BCUT2D eigenvalue weighted by molar-refractivity contribution is 7.20. The summed E-state index contributed by atoms with van der Waals surface area (Å²) in [6.07, 6.45) is 2.16. The molecule has 1 aromatic heterocycles. The van der Waals surface area contributed by atoms with Crippen LogP contribution in [-0.4, -0.2) is 18.6 Å². The van der Waals surface area contributed by atoms with Gasteiger partial charge in [-0.15, -0.1) is 11.3 Å². The lowest BCUT2D eigenvalue weighted by molar-refractivity contribution is 0.0479. The number of rotatable bonds is 5. The van der Waals surface area contributed by atoms with E-state index in [4.69, 9.17) is 9.47 Å². The number of halogens is 1. The number of ether oxygens (including phenoxy) is 2. The Morgan fingerprint density at radius 1 is 1.06 bits per heavy atom. The first kappa shape index (κ1) is 23.1. The first-order chi connectivity index (χ1) is 16.8. The van der Waals surface area contributed by atoms with Crippen molar-refractivity contribution in [1.82, 2.24) is 0 Å². The van der Waals surface area contributed by atoms with E-state index in [1.165, 1.54) is 30.6 Å². The van der Waals surface area contributed by atoms with Crippen LogP contribution in [-0.2, 0) is 11.3 Å². The predicted octanol–water partition coefficient (Wildman–Crippen LogP) is 7.68. The standard InChI is InChI=1S/C29H26FNO3S/c1-17-15-29(2,3)31-23-12-11-20(21-10-9-19(30)14-24(21)33-4)22(27(17)23)16-34-28(32)26-13-18-7-5-6-8-25(18)35-26/h5-15,31H,16H2,1-4H3. The van der Waals surface area contributed by atoms with E-state index in [1.54, 1.807) is 6.07 Å². The van der Waals surface area contributed by atoms with Gasteiger partial charge in [-0.2, -0.15) is 0 Å². The molecule has 4 aromatic rings. The third-order valence-electron chi connectivity index (χ3n) is 6.17. The lowest BCUT2D eigenvalue weighted by Gasteiger charge is -2.33. The Labute approximate surface area is 208 Å². The summed E-state index contributed by atoms with van der Waals surface area (Å²) in [7, 11) is 1.52. The lowest BCUT2D eigenvalue weighted by atomic mass is 9.85. The van der Waals surface area contributed by atoms with Crippen LogP contribution in [0.1, 0.15) is 41.6 Å². The number of hydrogen-bond acceptors (Lipinski definition) is 5. The summed E-state index contributed by atoms with van der Waals surface area (Å²) in [4.78, 5) is 13.6. The van der Waals surface area contributed by atoms with E-state index in [0.29, 0.717) is 10.6 Å². The van der Waals surface area contributed by atoms with Gasteiger partial charge in [0.25, 0.3) is 0 Å². The Kier molecular flexibility index (Phi) is 5.85. The van der Waals surface area contributed by atoms with Gasteiger partial charge in [-0.05, 0) is 67.6 Å². The number of anilines is 1. The van der Waals surface area contributed by atoms with Crippen LogP contribution in [0.15, 0.2) is 66.7 Å². The van der Waals surface area contributed by atoms with Gasteiger partial charge >= 0.3 is 5.97 Å². The van der Waals surface area contributed by atoms with Gasteiger partial charge in [-0.3, -0.25) is 0 Å². The van der Waals surface area contributed by atoms with Gasteiger partial charge in [0, 0.05) is 33.1 Å². The lowest BCUT2D eigenvalue weighted by Crippen LogP contribution is -2.32. The maximum atomic E-state index is 13.9. The fraction of sp³-hybridized carbons (Fsp3) is 0.207. The quantitative estimate of drug-likeness (QED) is 0.293. The molecule has 0 amide bonds. The first-order valence-electron chi connectivity index (χ1n) is 11.4. The zero-order chi connectivity index (χ0) is 24.7. The normalized spacial score (nSPS) is 14.1. The van der Waals surface area contributed by atoms with E-state index in [9.17, 15) is 9.18 Å². The summed E-state index contributed by atoms with van der Waals surface area (Å²) in [5.74, 6) is -0.319. The zero-order valence-corrected chi connectivity index (χ0v) is 20.9. The minimum Gasteiger partial charge on any atom is -0.496 e. The third-order valence-corrected chi connectivity index (χ3v) is 7.27. The van der Waals surface area contributed by atoms with Crippen LogP contribution in [0.2, 0.25) is 0 Å². The number of thiophene rings is 1. The van der Waals surface area contributed by atoms with Crippen LogP contribution < -0.4 is 10.1 Å². The highest BCUT2D eigenvalue weighted by Gasteiger charge is 2.27. The van der Waals surface area contributed by atoms with E-state index in [0.717, 1.165) is 43.6 Å². The Morgan fingerprint density at radius 3 is 2.60 bits per heavy atom. The molecule has 0 fully saturated rings. The number of carbonyl (C=O) groups excluding carboxylic acids is 1. The Hall–Kier alpha value is -3.64. The number of esters is 1. The molecule has 0 atom stereocenters. The van der Waals surface area contributed by atoms with Gasteiger partial charge in [0.05, 0.1) is 12.6 Å². The number of methoxy groups -OCH3 is 1. The van der Waals surface area contributed by atoms with Crippen molar-refractivity contribution in [2.75, 3.05) is 12.4 Å². The molecule has 1 aliphatic rings. The van der Waals surface area contributed by atoms with Gasteiger partial charge in [0.15, 0.2) is 0 Å². The molecule has 6 heteroatoms. The summed E-state index contributed by atoms with van der Waals surface area (Å²) < 4.78 is 26.3. The molecule has 0 spiro atoms. The molecule has 0 saturated carbocycles. The van der Waals surface area contributed by atoms with E-state index in [1.807, 2.05) is 42.5 Å². The SMILES string of the molecule is COc1cc(F)ccc1-c1ccc2c(c1COC(=O)c1cc3ccccc3s1)C(C)=CC(C)(C)N2. The summed E-state index contributed by atoms with van der Waals surface area (Å²) in [5, 5.41) is 4.57. The molecular weight excluding hydrogens is 461 g/mol. The largest absolute Gasteiger partial charge is 0.496 e. The number of carbonyl (C=O) groups is 1. The summed E-state index contributed by atoms with van der Waals surface area (Å²) in [6, 6.07) is 18.2. The Bertz CT molecular complexity index is 1450. The maximum Gasteiger partial charge on any atom is 0.348 e. The molecule has 4 nitrogen and oxygen atoms in total. The minimum atomic E-state index is -0.374. The number of benzene rings is 3. The number of allylic oxidation sites excluding steroid dienone is 1. The highest BCUT2D eigenvalue weighted by Crippen LogP contribution is 2.43. The molecule has 3 aromatic carbocycles. The van der Waals surface area contributed by atoms with Crippen molar-refractivity contribution in [2.45, 2.75) is 32.9 Å². The monoisotopic (exact) mass is 487 g/mol. The molecule has 1 N–H and O–H groups in total. The van der Waals surface area contributed by atoms with Crippen LogP contribution in [0.3, 0.4) is 0 Å². The predicted molar refractivity (Wildman–Crippen MR) is 141 cm³/mol. The van der Waals surface area contributed by atoms with Crippen molar-refractivity contribution in [3.63, 3.8) is 0 Å². The summed E-state index contributed by atoms with van der Waals surface area (Å²) in [5.41, 5.74) is 5.24. The average molecular weight is 488 g/mol. The van der Waals surface area contributed by atoms with Crippen molar-refractivity contribution >= 4 is 38.7 Å². The van der Waals surface area contributed by atoms with E-state index < -0.39 is 0 Å². The summed E-state index contributed by atoms with van der Waals surface area (Å²) in [6.45, 7) is 6.35. The maximum absolute atomic E-state index is 13.9. The van der Waals surface area contributed by atoms with Gasteiger partial charge in [-0.1, -0.05) is 30.3 Å². The van der Waals surface area contributed by atoms with E-state index in [2.05, 4.69) is 32.2 Å². The molecule has 1 aliphatic heterocycles. The molecule has 35 heavy (non-hydrogen) atoms. The van der Waals surface area contributed by atoms with Crippen molar-refractivity contribution in [3.8, 4) is 16.9 Å². The van der Waals surface area contributed by atoms with Crippen LogP contribution in [0.4, 0.5) is 10.1 Å². The first-order valence-corrected chi connectivity index (χ1v) is 12.2. The molecule has 0 unspecified atom stereocenters. The molecule has 178 valence electrons. The second-order valence-corrected chi connectivity index (χ2v) is 10.3. The van der Waals surface area contributed by atoms with Crippen LogP contribution in [0.25, 0.3) is 26.8 Å². The van der Waals surface area contributed by atoms with Crippen LogP contribution in [0.5, 0.6) is 5.75 Å². The second kappa shape index (κ2) is 8.86. The topological polar surface area (TPSA) is 47.6 Å². The fourth-order valence-corrected chi connectivity index (χ4v) is 5.74. The number of fused-ring (bicyclic) bond motifs is 2. The van der Waals surface area contributed by atoms with Crippen LogP contribution in [0, 0.1) is 5.82 Å². The molecular formula is C29H26FNO3S. The molecule has 2 heterocycles. The Morgan fingerprint density at radius 2 is 1.83 bits per heavy atom. The molecule has 5 rings (SSSR count). The van der Waals surface area contributed by atoms with Gasteiger partial charge in [0.2, 0.25) is 0 Å².